The van der Waals surface area contributed by atoms with Gasteiger partial charge >= 0.3 is 5.97 Å². The third kappa shape index (κ3) is 5.25. The summed E-state index contributed by atoms with van der Waals surface area (Å²) in [6.07, 6.45) is 0. The molecule has 0 radical (unpaired) electrons. The quantitative estimate of drug-likeness (QED) is 0.481. The minimum atomic E-state index is -0.735. The van der Waals surface area contributed by atoms with E-state index in [2.05, 4.69) is 5.32 Å². The van der Waals surface area contributed by atoms with Crippen LogP contribution in [-0.2, 0) is 16.1 Å². The molecule has 0 aromatic heterocycles. The number of carbonyl (C=O) groups excluding carboxylic acids is 2. The Hall–Kier alpha value is -3.00. The largest absolute Gasteiger partial charge is 0.460 e. The summed E-state index contributed by atoms with van der Waals surface area (Å²) >= 11 is 5.66. The fourth-order valence-corrected chi connectivity index (χ4v) is 2.08. The number of halogens is 2. The molecule has 0 aliphatic carbocycles. The Kier molecular flexibility index (Phi) is 6.02. The van der Waals surface area contributed by atoms with Crippen LogP contribution >= 0.6 is 11.6 Å². The van der Waals surface area contributed by atoms with Crippen molar-refractivity contribution in [3.05, 3.63) is 74.5 Å². The van der Waals surface area contributed by atoms with Gasteiger partial charge in [0.25, 0.3) is 11.6 Å². The van der Waals surface area contributed by atoms with Crippen LogP contribution in [0.4, 0.5) is 10.1 Å². The van der Waals surface area contributed by atoms with E-state index in [1.165, 1.54) is 30.3 Å². The molecular formula is C16H12ClFN2O5. The van der Waals surface area contributed by atoms with Gasteiger partial charge in [-0.15, -0.1) is 0 Å². The Morgan fingerprint density at radius 2 is 2.00 bits per heavy atom. The summed E-state index contributed by atoms with van der Waals surface area (Å²) < 4.78 is 17.9. The molecule has 7 nitrogen and oxygen atoms in total. The predicted octanol–water partition coefficient (Wildman–Crippen LogP) is 2.86. The second-order valence-electron chi connectivity index (χ2n) is 4.90. The number of ether oxygens (including phenoxy) is 1. The number of rotatable bonds is 6. The van der Waals surface area contributed by atoms with E-state index >= 15 is 0 Å². The molecule has 0 fully saturated rings. The molecule has 0 aliphatic rings. The van der Waals surface area contributed by atoms with Crippen LogP contribution in [0, 0.1) is 15.9 Å². The summed E-state index contributed by atoms with van der Waals surface area (Å²) in [4.78, 5) is 33.6. The molecular weight excluding hydrogens is 355 g/mol. The molecule has 2 aromatic rings. The summed E-state index contributed by atoms with van der Waals surface area (Å²) in [5, 5.41) is 13.0. The number of amides is 1. The van der Waals surface area contributed by atoms with Crippen LogP contribution in [0.15, 0.2) is 42.5 Å². The standard InChI is InChI=1S/C16H12ClFN2O5/c17-13-5-4-11(7-14(13)20(23)24)16(22)19-8-15(21)25-9-10-2-1-3-12(18)6-10/h1-7H,8-9H2,(H,19,22). The van der Waals surface area contributed by atoms with Gasteiger partial charge < -0.3 is 10.1 Å². The first-order valence-electron chi connectivity index (χ1n) is 6.99. The van der Waals surface area contributed by atoms with E-state index in [1.54, 1.807) is 6.07 Å². The van der Waals surface area contributed by atoms with E-state index < -0.39 is 34.8 Å². The number of hydrogen-bond donors (Lipinski definition) is 1. The molecule has 0 unspecified atom stereocenters. The Morgan fingerprint density at radius 3 is 2.68 bits per heavy atom. The maximum absolute atomic E-state index is 13.0. The Morgan fingerprint density at radius 1 is 1.24 bits per heavy atom. The number of benzene rings is 2. The van der Waals surface area contributed by atoms with Crippen molar-refractivity contribution in [2.24, 2.45) is 0 Å². The second kappa shape index (κ2) is 8.20. The minimum Gasteiger partial charge on any atom is -0.460 e. The Bertz CT molecular complexity index is 828. The van der Waals surface area contributed by atoms with Gasteiger partial charge in [-0.3, -0.25) is 19.7 Å². The number of hydrogen-bond acceptors (Lipinski definition) is 5. The van der Waals surface area contributed by atoms with Crippen molar-refractivity contribution in [3.63, 3.8) is 0 Å². The monoisotopic (exact) mass is 366 g/mol. The van der Waals surface area contributed by atoms with Crippen molar-refractivity contribution in [2.45, 2.75) is 6.61 Å². The van der Waals surface area contributed by atoms with Crippen LogP contribution in [0.5, 0.6) is 0 Å². The summed E-state index contributed by atoms with van der Waals surface area (Å²) in [6, 6.07) is 9.07. The van der Waals surface area contributed by atoms with E-state index in [0.717, 1.165) is 6.07 Å². The molecule has 1 N–H and O–H groups in total. The molecule has 0 atom stereocenters. The molecule has 0 saturated carbocycles. The van der Waals surface area contributed by atoms with Crippen molar-refractivity contribution in [1.82, 2.24) is 5.32 Å². The number of nitro benzene ring substituents is 1. The number of nitro groups is 1. The minimum absolute atomic E-state index is 0.0194. The van der Waals surface area contributed by atoms with E-state index in [-0.39, 0.29) is 17.2 Å². The van der Waals surface area contributed by atoms with Gasteiger partial charge in [-0.1, -0.05) is 23.7 Å². The topological polar surface area (TPSA) is 98.5 Å². The number of esters is 1. The van der Waals surface area contributed by atoms with Gasteiger partial charge in [-0.05, 0) is 29.8 Å². The number of nitrogens with one attached hydrogen (secondary N) is 1. The van der Waals surface area contributed by atoms with Crippen LogP contribution in [0.3, 0.4) is 0 Å². The molecule has 2 rings (SSSR count). The predicted molar refractivity (Wildman–Crippen MR) is 86.6 cm³/mol. The van der Waals surface area contributed by atoms with Gasteiger partial charge in [0, 0.05) is 11.6 Å². The van der Waals surface area contributed by atoms with Crippen LogP contribution in [0.2, 0.25) is 5.02 Å². The third-order valence-corrected chi connectivity index (χ3v) is 3.41. The molecule has 25 heavy (non-hydrogen) atoms. The molecule has 9 heteroatoms. The summed E-state index contributed by atoms with van der Waals surface area (Å²) in [5.74, 6) is -1.88. The lowest BCUT2D eigenvalue weighted by Crippen LogP contribution is -2.30. The fraction of sp³-hybridized carbons (Fsp3) is 0.125. The van der Waals surface area contributed by atoms with Crippen LogP contribution in [-0.4, -0.2) is 23.3 Å². The third-order valence-electron chi connectivity index (χ3n) is 3.09. The zero-order valence-electron chi connectivity index (χ0n) is 12.7. The normalized spacial score (nSPS) is 10.2. The Balaban J connectivity index is 1.88. The van der Waals surface area contributed by atoms with Gasteiger partial charge in [0.2, 0.25) is 0 Å². The van der Waals surface area contributed by atoms with Crippen molar-refractivity contribution in [2.75, 3.05) is 6.54 Å². The fourth-order valence-electron chi connectivity index (χ4n) is 1.89. The highest BCUT2D eigenvalue weighted by molar-refractivity contribution is 6.32. The zero-order chi connectivity index (χ0) is 18.4. The lowest BCUT2D eigenvalue weighted by molar-refractivity contribution is -0.384. The van der Waals surface area contributed by atoms with Crippen molar-refractivity contribution >= 4 is 29.2 Å². The molecule has 0 spiro atoms. The summed E-state index contributed by atoms with van der Waals surface area (Å²) in [7, 11) is 0. The first kappa shape index (κ1) is 18.3. The van der Waals surface area contributed by atoms with E-state index in [1.807, 2.05) is 0 Å². The Labute approximate surface area is 146 Å². The van der Waals surface area contributed by atoms with E-state index in [4.69, 9.17) is 16.3 Å². The zero-order valence-corrected chi connectivity index (χ0v) is 13.5. The van der Waals surface area contributed by atoms with Crippen LogP contribution in [0.1, 0.15) is 15.9 Å². The number of carbonyl (C=O) groups is 2. The highest BCUT2D eigenvalue weighted by Crippen LogP contribution is 2.24. The average Bonchev–Trinajstić information content (AvgIpc) is 2.58. The average molecular weight is 367 g/mol. The lowest BCUT2D eigenvalue weighted by Gasteiger charge is -2.07. The van der Waals surface area contributed by atoms with Crippen molar-refractivity contribution in [3.8, 4) is 0 Å². The first-order chi connectivity index (χ1) is 11.9. The molecule has 1 amide bonds. The highest BCUT2D eigenvalue weighted by Gasteiger charge is 2.17. The highest BCUT2D eigenvalue weighted by atomic mass is 35.5. The van der Waals surface area contributed by atoms with Crippen LogP contribution in [0.25, 0.3) is 0 Å². The summed E-state index contributed by atoms with van der Waals surface area (Å²) in [5.41, 5.74) is 0.0324. The molecule has 2 aromatic carbocycles. The van der Waals surface area contributed by atoms with Crippen molar-refractivity contribution < 1.29 is 23.6 Å². The van der Waals surface area contributed by atoms with Gasteiger partial charge in [0.15, 0.2) is 0 Å². The molecule has 0 heterocycles. The van der Waals surface area contributed by atoms with Gasteiger partial charge in [0.1, 0.15) is 24.0 Å². The summed E-state index contributed by atoms with van der Waals surface area (Å²) in [6.45, 7) is -0.580. The molecule has 0 saturated heterocycles. The van der Waals surface area contributed by atoms with Gasteiger partial charge in [-0.2, -0.15) is 0 Å². The van der Waals surface area contributed by atoms with Crippen molar-refractivity contribution in [1.29, 1.82) is 0 Å². The van der Waals surface area contributed by atoms with Gasteiger partial charge in [0.05, 0.1) is 4.92 Å². The smallest absolute Gasteiger partial charge is 0.325 e. The van der Waals surface area contributed by atoms with E-state index in [0.29, 0.717) is 5.56 Å². The second-order valence-corrected chi connectivity index (χ2v) is 5.30. The molecule has 0 aliphatic heterocycles. The maximum atomic E-state index is 13.0. The number of nitrogens with zero attached hydrogens (tertiary/aromatic N) is 1. The lowest BCUT2D eigenvalue weighted by atomic mass is 10.2. The van der Waals surface area contributed by atoms with E-state index in [9.17, 15) is 24.1 Å². The first-order valence-corrected chi connectivity index (χ1v) is 7.37. The van der Waals surface area contributed by atoms with Gasteiger partial charge in [-0.25, -0.2) is 4.39 Å². The SMILES string of the molecule is O=C(CNC(=O)c1ccc(Cl)c([N+](=O)[O-])c1)OCc1cccc(F)c1. The molecule has 0 bridgehead atoms. The molecule has 130 valence electrons. The van der Waals surface area contributed by atoms with Crippen LogP contribution < -0.4 is 5.32 Å². The maximum Gasteiger partial charge on any atom is 0.325 e.